The number of amides is 1. The van der Waals surface area contributed by atoms with E-state index in [0.29, 0.717) is 18.1 Å². The van der Waals surface area contributed by atoms with Gasteiger partial charge in [0.25, 0.3) is 5.89 Å². The SMILES string of the molecule is CCc1noc(-c2ccc(C)c(NC(=O)CC3CSCCN3)c2)n1. The lowest BCUT2D eigenvalue weighted by Crippen LogP contribution is -2.39. The highest BCUT2D eigenvalue weighted by Gasteiger charge is 2.17. The summed E-state index contributed by atoms with van der Waals surface area (Å²) in [5, 5.41) is 10.3. The molecule has 1 aromatic carbocycles. The zero-order valence-corrected chi connectivity index (χ0v) is 14.8. The van der Waals surface area contributed by atoms with Crippen molar-refractivity contribution in [1.29, 1.82) is 0 Å². The Balaban J connectivity index is 1.70. The number of benzene rings is 1. The lowest BCUT2D eigenvalue weighted by Gasteiger charge is -2.22. The molecule has 6 nitrogen and oxygen atoms in total. The molecule has 0 saturated carbocycles. The molecule has 1 aliphatic rings. The van der Waals surface area contributed by atoms with Gasteiger partial charge in [0.05, 0.1) is 0 Å². The van der Waals surface area contributed by atoms with Crippen molar-refractivity contribution in [2.45, 2.75) is 32.7 Å². The molecule has 2 aromatic rings. The number of aromatic nitrogens is 2. The van der Waals surface area contributed by atoms with Crippen molar-refractivity contribution in [3.63, 3.8) is 0 Å². The van der Waals surface area contributed by atoms with Gasteiger partial charge in [-0.15, -0.1) is 0 Å². The second kappa shape index (κ2) is 7.81. The summed E-state index contributed by atoms with van der Waals surface area (Å²) in [6.45, 7) is 4.92. The van der Waals surface area contributed by atoms with Gasteiger partial charge >= 0.3 is 0 Å². The lowest BCUT2D eigenvalue weighted by atomic mass is 10.1. The van der Waals surface area contributed by atoms with E-state index in [4.69, 9.17) is 4.52 Å². The van der Waals surface area contributed by atoms with Crippen LogP contribution < -0.4 is 10.6 Å². The molecule has 1 aliphatic heterocycles. The molecule has 0 spiro atoms. The molecule has 1 unspecified atom stereocenters. The van der Waals surface area contributed by atoms with Crippen molar-refractivity contribution in [2.24, 2.45) is 0 Å². The molecular weight excluding hydrogens is 324 g/mol. The van der Waals surface area contributed by atoms with Crippen LogP contribution in [0.5, 0.6) is 0 Å². The van der Waals surface area contributed by atoms with Crippen molar-refractivity contribution < 1.29 is 9.32 Å². The van der Waals surface area contributed by atoms with Crippen LogP contribution in [-0.2, 0) is 11.2 Å². The van der Waals surface area contributed by atoms with Crippen molar-refractivity contribution in [3.8, 4) is 11.5 Å². The average molecular weight is 346 g/mol. The average Bonchev–Trinajstić information content (AvgIpc) is 3.07. The fourth-order valence-electron chi connectivity index (χ4n) is 2.58. The van der Waals surface area contributed by atoms with Crippen LogP contribution in [-0.4, -0.2) is 40.1 Å². The highest BCUT2D eigenvalue weighted by Crippen LogP contribution is 2.25. The molecule has 0 aliphatic carbocycles. The van der Waals surface area contributed by atoms with E-state index in [1.807, 2.05) is 43.8 Å². The number of anilines is 1. The molecule has 0 radical (unpaired) electrons. The molecule has 1 saturated heterocycles. The first kappa shape index (κ1) is 17.0. The molecule has 3 rings (SSSR count). The number of carbonyl (C=O) groups excluding carboxylic acids is 1. The summed E-state index contributed by atoms with van der Waals surface area (Å²) in [6, 6.07) is 6.02. The molecule has 7 heteroatoms. The van der Waals surface area contributed by atoms with Crippen LogP contribution in [0.3, 0.4) is 0 Å². The number of rotatable bonds is 5. The standard InChI is InChI=1S/C17H22N4O2S/c1-3-15-20-17(23-21-15)12-5-4-11(2)14(8-12)19-16(22)9-13-10-24-7-6-18-13/h4-5,8,13,18H,3,6-7,9-10H2,1-2H3,(H,19,22). The Morgan fingerprint density at radius 1 is 1.50 bits per heavy atom. The van der Waals surface area contributed by atoms with E-state index in [2.05, 4.69) is 20.8 Å². The first-order valence-electron chi connectivity index (χ1n) is 8.20. The normalized spacial score (nSPS) is 17.7. The van der Waals surface area contributed by atoms with Gasteiger partial charge in [-0.05, 0) is 24.6 Å². The highest BCUT2D eigenvalue weighted by molar-refractivity contribution is 7.99. The first-order chi connectivity index (χ1) is 11.7. The minimum Gasteiger partial charge on any atom is -0.334 e. The monoisotopic (exact) mass is 346 g/mol. The highest BCUT2D eigenvalue weighted by atomic mass is 32.2. The smallest absolute Gasteiger partial charge is 0.257 e. The van der Waals surface area contributed by atoms with Crippen LogP contribution in [0.2, 0.25) is 0 Å². The second-order valence-corrected chi connectivity index (χ2v) is 7.03. The quantitative estimate of drug-likeness (QED) is 0.866. The number of hydrogen-bond donors (Lipinski definition) is 2. The molecule has 2 heterocycles. The van der Waals surface area contributed by atoms with Gasteiger partial charge < -0.3 is 15.2 Å². The number of hydrogen-bond acceptors (Lipinski definition) is 6. The van der Waals surface area contributed by atoms with Crippen molar-refractivity contribution in [2.75, 3.05) is 23.4 Å². The van der Waals surface area contributed by atoms with E-state index >= 15 is 0 Å². The molecule has 128 valence electrons. The summed E-state index contributed by atoms with van der Waals surface area (Å²) in [4.78, 5) is 16.7. The maximum atomic E-state index is 12.3. The van der Waals surface area contributed by atoms with Crippen LogP contribution in [0.25, 0.3) is 11.5 Å². The summed E-state index contributed by atoms with van der Waals surface area (Å²) in [5.74, 6) is 3.27. The van der Waals surface area contributed by atoms with Gasteiger partial charge in [0.2, 0.25) is 5.91 Å². The zero-order chi connectivity index (χ0) is 16.9. The Bertz CT molecular complexity index is 710. The largest absolute Gasteiger partial charge is 0.334 e. The Morgan fingerprint density at radius 2 is 2.38 bits per heavy atom. The minimum absolute atomic E-state index is 0.0232. The van der Waals surface area contributed by atoms with Crippen LogP contribution >= 0.6 is 11.8 Å². The zero-order valence-electron chi connectivity index (χ0n) is 14.0. The first-order valence-corrected chi connectivity index (χ1v) is 9.35. The van der Waals surface area contributed by atoms with Gasteiger partial charge in [-0.25, -0.2) is 0 Å². The van der Waals surface area contributed by atoms with Crippen LogP contribution in [0, 0.1) is 6.92 Å². The molecular formula is C17H22N4O2S. The Hall–Kier alpha value is -1.86. The van der Waals surface area contributed by atoms with Crippen molar-refractivity contribution in [3.05, 3.63) is 29.6 Å². The van der Waals surface area contributed by atoms with Gasteiger partial charge in [0.1, 0.15) is 0 Å². The Kier molecular flexibility index (Phi) is 5.52. The van der Waals surface area contributed by atoms with E-state index in [-0.39, 0.29) is 11.9 Å². The fourth-order valence-corrected chi connectivity index (χ4v) is 3.53. The van der Waals surface area contributed by atoms with Crippen LogP contribution in [0.1, 0.15) is 24.7 Å². The third kappa shape index (κ3) is 4.15. The van der Waals surface area contributed by atoms with Gasteiger partial charge in [-0.2, -0.15) is 16.7 Å². The van der Waals surface area contributed by atoms with E-state index in [9.17, 15) is 4.79 Å². The Labute approximate surface area is 145 Å². The predicted molar refractivity (Wildman–Crippen MR) is 96.2 cm³/mol. The summed E-state index contributed by atoms with van der Waals surface area (Å²) in [6.07, 6.45) is 1.21. The third-order valence-corrected chi connectivity index (χ3v) is 5.10. The molecule has 1 aromatic heterocycles. The maximum Gasteiger partial charge on any atom is 0.257 e. The van der Waals surface area contributed by atoms with E-state index in [1.54, 1.807) is 0 Å². The van der Waals surface area contributed by atoms with E-state index in [0.717, 1.165) is 41.3 Å². The van der Waals surface area contributed by atoms with E-state index < -0.39 is 0 Å². The van der Waals surface area contributed by atoms with Crippen molar-refractivity contribution in [1.82, 2.24) is 15.5 Å². The van der Waals surface area contributed by atoms with Gasteiger partial charge in [0, 0.05) is 48.2 Å². The number of aryl methyl sites for hydroxylation is 2. The topological polar surface area (TPSA) is 80.0 Å². The number of carbonyl (C=O) groups is 1. The Morgan fingerprint density at radius 3 is 3.08 bits per heavy atom. The van der Waals surface area contributed by atoms with Gasteiger partial charge in [-0.1, -0.05) is 18.1 Å². The van der Waals surface area contributed by atoms with E-state index in [1.165, 1.54) is 0 Å². The molecule has 1 fully saturated rings. The van der Waals surface area contributed by atoms with Gasteiger partial charge in [-0.3, -0.25) is 4.79 Å². The summed E-state index contributed by atoms with van der Waals surface area (Å²) in [7, 11) is 0. The number of nitrogens with one attached hydrogen (secondary N) is 2. The maximum absolute atomic E-state index is 12.3. The minimum atomic E-state index is 0.0232. The summed E-state index contributed by atoms with van der Waals surface area (Å²) in [5.41, 5.74) is 2.61. The van der Waals surface area contributed by atoms with Crippen LogP contribution in [0.15, 0.2) is 22.7 Å². The second-order valence-electron chi connectivity index (χ2n) is 5.88. The molecule has 0 bridgehead atoms. The van der Waals surface area contributed by atoms with Gasteiger partial charge in [0.15, 0.2) is 5.82 Å². The number of thioether (sulfide) groups is 1. The van der Waals surface area contributed by atoms with Crippen LogP contribution in [0.4, 0.5) is 5.69 Å². The van der Waals surface area contributed by atoms with Crippen molar-refractivity contribution >= 4 is 23.4 Å². The summed E-state index contributed by atoms with van der Waals surface area (Å²) < 4.78 is 5.28. The fraction of sp³-hybridized carbons (Fsp3) is 0.471. The summed E-state index contributed by atoms with van der Waals surface area (Å²) >= 11 is 1.89. The predicted octanol–water partition coefficient (Wildman–Crippen LogP) is 2.64. The molecule has 24 heavy (non-hydrogen) atoms. The molecule has 1 atom stereocenters. The molecule has 1 amide bonds. The molecule has 2 N–H and O–H groups in total. The lowest BCUT2D eigenvalue weighted by molar-refractivity contribution is -0.116. The number of nitrogens with zero attached hydrogens (tertiary/aromatic N) is 2. The third-order valence-electron chi connectivity index (χ3n) is 3.97.